The van der Waals surface area contributed by atoms with Crippen molar-refractivity contribution in [2.45, 2.75) is 25.8 Å². The van der Waals surface area contributed by atoms with Crippen LogP contribution < -0.4 is 11.1 Å². The molecule has 1 atom stereocenters. The fourth-order valence-electron chi connectivity index (χ4n) is 1.84. The number of nitrogens with one attached hydrogen (secondary N) is 1. The molecule has 100 valence electrons. The molecule has 0 spiro atoms. The van der Waals surface area contributed by atoms with Gasteiger partial charge in [-0.25, -0.2) is 4.39 Å². The molecule has 1 saturated carbocycles. The lowest BCUT2D eigenvalue weighted by Gasteiger charge is -2.12. The lowest BCUT2D eigenvalue weighted by molar-refractivity contribution is 0.0949. The van der Waals surface area contributed by atoms with Crippen molar-refractivity contribution in [3.8, 4) is 0 Å². The number of aryl methyl sites for hydroxylation is 1. The number of carbonyl (C=O) groups is 1. The Kier molecular flexibility index (Phi) is 5.11. The molecular formula is C13H18ClFN2O. The van der Waals surface area contributed by atoms with E-state index >= 15 is 0 Å². The Morgan fingerprint density at radius 2 is 2.22 bits per heavy atom. The smallest absolute Gasteiger partial charge is 0.251 e. The molecule has 0 aliphatic heterocycles. The second-order valence-electron chi connectivity index (χ2n) is 4.67. The van der Waals surface area contributed by atoms with Gasteiger partial charge in [0.05, 0.1) is 0 Å². The van der Waals surface area contributed by atoms with Crippen LogP contribution in [0.4, 0.5) is 4.39 Å². The summed E-state index contributed by atoms with van der Waals surface area (Å²) in [6.45, 7) is 2.24. The molecule has 0 bridgehead atoms. The fraction of sp³-hybridized carbons (Fsp3) is 0.462. The molecule has 0 saturated heterocycles. The van der Waals surface area contributed by atoms with Crippen LogP contribution in [-0.4, -0.2) is 18.5 Å². The fourth-order valence-corrected chi connectivity index (χ4v) is 1.84. The van der Waals surface area contributed by atoms with E-state index in [9.17, 15) is 9.18 Å². The number of halogens is 2. The third-order valence-electron chi connectivity index (χ3n) is 3.17. The van der Waals surface area contributed by atoms with Gasteiger partial charge in [-0.15, -0.1) is 12.4 Å². The Bertz CT molecular complexity index is 435. The van der Waals surface area contributed by atoms with E-state index in [1.165, 1.54) is 12.1 Å². The van der Waals surface area contributed by atoms with Crippen LogP contribution >= 0.6 is 12.4 Å². The molecule has 18 heavy (non-hydrogen) atoms. The van der Waals surface area contributed by atoms with Crippen molar-refractivity contribution in [2.75, 3.05) is 6.54 Å². The van der Waals surface area contributed by atoms with Crippen LogP contribution in [0.1, 0.15) is 28.8 Å². The SMILES string of the molecule is Cc1ccc(F)cc1C(=O)NCC(N)C1CC1.Cl. The van der Waals surface area contributed by atoms with E-state index in [4.69, 9.17) is 5.73 Å². The molecule has 1 aromatic rings. The summed E-state index contributed by atoms with van der Waals surface area (Å²) >= 11 is 0. The Morgan fingerprint density at radius 3 is 2.83 bits per heavy atom. The lowest BCUT2D eigenvalue weighted by Crippen LogP contribution is -2.38. The zero-order chi connectivity index (χ0) is 12.4. The number of hydrogen-bond acceptors (Lipinski definition) is 2. The molecule has 0 aromatic heterocycles. The summed E-state index contributed by atoms with van der Waals surface area (Å²) in [5, 5.41) is 2.76. The minimum Gasteiger partial charge on any atom is -0.350 e. The molecule has 3 N–H and O–H groups in total. The minimum atomic E-state index is -0.396. The van der Waals surface area contributed by atoms with E-state index < -0.39 is 5.82 Å². The van der Waals surface area contributed by atoms with Crippen LogP contribution in [0.5, 0.6) is 0 Å². The molecule has 3 nitrogen and oxygen atoms in total. The molecule has 1 amide bonds. The minimum absolute atomic E-state index is 0. The van der Waals surface area contributed by atoms with Gasteiger partial charge in [0, 0.05) is 18.2 Å². The average molecular weight is 273 g/mol. The van der Waals surface area contributed by atoms with Gasteiger partial charge in [-0.3, -0.25) is 4.79 Å². The summed E-state index contributed by atoms with van der Waals surface area (Å²) in [7, 11) is 0. The second-order valence-corrected chi connectivity index (χ2v) is 4.67. The molecule has 1 fully saturated rings. The Balaban J connectivity index is 0.00000162. The quantitative estimate of drug-likeness (QED) is 0.881. The maximum Gasteiger partial charge on any atom is 0.251 e. The monoisotopic (exact) mass is 272 g/mol. The van der Waals surface area contributed by atoms with Crippen LogP contribution in [0.15, 0.2) is 18.2 Å². The highest BCUT2D eigenvalue weighted by atomic mass is 35.5. The first-order chi connectivity index (χ1) is 8.08. The number of nitrogens with two attached hydrogens (primary N) is 1. The molecule has 0 radical (unpaired) electrons. The predicted octanol–water partition coefficient (Wildman–Crippen LogP) is 2.02. The summed E-state index contributed by atoms with van der Waals surface area (Å²) in [4.78, 5) is 11.8. The second kappa shape index (κ2) is 6.16. The van der Waals surface area contributed by atoms with E-state index in [1.54, 1.807) is 13.0 Å². The normalized spacial score (nSPS) is 15.7. The van der Waals surface area contributed by atoms with Crippen molar-refractivity contribution < 1.29 is 9.18 Å². The third-order valence-corrected chi connectivity index (χ3v) is 3.17. The first-order valence-electron chi connectivity index (χ1n) is 5.88. The Hall–Kier alpha value is -1.13. The highest BCUT2D eigenvalue weighted by Crippen LogP contribution is 2.31. The van der Waals surface area contributed by atoms with E-state index in [1.807, 2.05) is 0 Å². The molecular weight excluding hydrogens is 255 g/mol. The van der Waals surface area contributed by atoms with Gasteiger partial charge in [-0.05, 0) is 43.4 Å². The molecule has 0 heterocycles. The molecule has 1 aromatic carbocycles. The zero-order valence-electron chi connectivity index (χ0n) is 10.3. The predicted molar refractivity (Wildman–Crippen MR) is 71.4 cm³/mol. The number of carbonyl (C=O) groups excluding carboxylic acids is 1. The van der Waals surface area contributed by atoms with Gasteiger partial charge >= 0.3 is 0 Å². The Labute approximate surface area is 112 Å². The van der Waals surface area contributed by atoms with Gasteiger partial charge in [-0.2, -0.15) is 0 Å². The lowest BCUT2D eigenvalue weighted by atomic mass is 10.1. The molecule has 2 rings (SSSR count). The van der Waals surface area contributed by atoms with Gasteiger partial charge < -0.3 is 11.1 Å². The first-order valence-corrected chi connectivity index (χ1v) is 5.88. The van der Waals surface area contributed by atoms with Gasteiger partial charge in [-0.1, -0.05) is 6.07 Å². The number of rotatable bonds is 4. The van der Waals surface area contributed by atoms with Crippen molar-refractivity contribution in [1.82, 2.24) is 5.32 Å². The van der Waals surface area contributed by atoms with Crippen LogP contribution in [-0.2, 0) is 0 Å². The Morgan fingerprint density at radius 1 is 1.56 bits per heavy atom. The molecule has 1 unspecified atom stereocenters. The van der Waals surface area contributed by atoms with Crippen molar-refractivity contribution in [2.24, 2.45) is 11.7 Å². The third kappa shape index (κ3) is 3.68. The van der Waals surface area contributed by atoms with Crippen LogP contribution in [0.3, 0.4) is 0 Å². The summed E-state index contributed by atoms with van der Waals surface area (Å²) in [5.41, 5.74) is 7.03. The first kappa shape index (κ1) is 14.9. The van der Waals surface area contributed by atoms with Crippen molar-refractivity contribution in [3.05, 3.63) is 35.1 Å². The van der Waals surface area contributed by atoms with E-state index in [-0.39, 0.29) is 24.4 Å². The van der Waals surface area contributed by atoms with Gasteiger partial charge in [0.1, 0.15) is 5.82 Å². The number of amides is 1. The largest absolute Gasteiger partial charge is 0.350 e. The summed E-state index contributed by atoms with van der Waals surface area (Å²) in [6.07, 6.45) is 2.30. The molecule has 1 aliphatic rings. The maximum atomic E-state index is 13.0. The van der Waals surface area contributed by atoms with E-state index in [2.05, 4.69) is 5.32 Å². The van der Waals surface area contributed by atoms with Gasteiger partial charge in [0.25, 0.3) is 5.91 Å². The van der Waals surface area contributed by atoms with Crippen molar-refractivity contribution >= 4 is 18.3 Å². The van der Waals surface area contributed by atoms with Crippen molar-refractivity contribution in [3.63, 3.8) is 0 Å². The van der Waals surface area contributed by atoms with Crippen LogP contribution in [0.2, 0.25) is 0 Å². The van der Waals surface area contributed by atoms with Crippen LogP contribution in [0, 0.1) is 18.7 Å². The van der Waals surface area contributed by atoms with E-state index in [0.29, 0.717) is 18.0 Å². The number of hydrogen-bond donors (Lipinski definition) is 2. The highest BCUT2D eigenvalue weighted by molar-refractivity contribution is 5.95. The maximum absolute atomic E-state index is 13.0. The topological polar surface area (TPSA) is 55.1 Å². The van der Waals surface area contributed by atoms with Gasteiger partial charge in [0.15, 0.2) is 0 Å². The van der Waals surface area contributed by atoms with Crippen LogP contribution in [0.25, 0.3) is 0 Å². The average Bonchev–Trinajstić information content (AvgIpc) is 3.12. The standard InChI is InChI=1S/C13H17FN2O.ClH/c1-8-2-5-10(14)6-11(8)13(17)16-7-12(15)9-3-4-9;/h2,5-6,9,12H,3-4,7,15H2,1H3,(H,16,17);1H. The highest BCUT2D eigenvalue weighted by Gasteiger charge is 2.28. The summed E-state index contributed by atoms with van der Waals surface area (Å²) in [5.74, 6) is -0.103. The van der Waals surface area contributed by atoms with E-state index in [0.717, 1.165) is 18.4 Å². The summed E-state index contributed by atoms with van der Waals surface area (Å²) < 4.78 is 13.0. The summed E-state index contributed by atoms with van der Waals surface area (Å²) in [6, 6.07) is 4.23. The van der Waals surface area contributed by atoms with Crippen molar-refractivity contribution in [1.29, 1.82) is 0 Å². The molecule has 1 aliphatic carbocycles. The van der Waals surface area contributed by atoms with Gasteiger partial charge in [0.2, 0.25) is 0 Å². The molecule has 5 heteroatoms. The number of benzene rings is 1. The zero-order valence-corrected chi connectivity index (χ0v) is 11.1.